The summed E-state index contributed by atoms with van der Waals surface area (Å²) in [6.07, 6.45) is -4.36. The summed E-state index contributed by atoms with van der Waals surface area (Å²) in [5, 5.41) is 3.27. The molecule has 6 heteroatoms. The number of benzene rings is 1. The topological polar surface area (TPSA) is 30.5 Å². The molecule has 0 bridgehead atoms. The average molecular weight is 305 g/mol. The van der Waals surface area contributed by atoms with Crippen LogP contribution in [0.4, 0.5) is 13.2 Å². The monoisotopic (exact) mass is 305 g/mol. The van der Waals surface area contributed by atoms with Crippen LogP contribution in [0.5, 0.6) is 11.5 Å². The van der Waals surface area contributed by atoms with Crippen molar-refractivity contribution in [3.8, 4) is 11.5 Å². The van der Waals surface area contributed by atoms with Gasteiger partial charge in [0.1, 0.15) is 0 Å². The smallest absolute Gasteiger partial charge is 0.422 e. The highest BCUT2D eigenvalue weighted by Gasteiger charge is 2.29. The van der Waals surface area contributed by atoms with Crippen LogP contribution in [0.25, 0.3) is 0 Å². The van der Waals surface area contributed by atoms with Crippen molar-refractivity contribution in [1.82, 2.24) is 5.32 Å². The number of alkyl halides is 3. The van der Waals surface area contributed by atoms with Crippen molar-refractivity contribution in [2.45, 2.75) is 33.5 Å². The lowest BCUT2D eigenvalue weighted by atomic mass is 10.2. The van der Waals surface area contributed by atoms with Crippen LogP contribution < -0.4 is 14.8 Å². The van der Waals surface area contributed by atoms with E-state index in [0.29, 0.717) is 24.8 Å². The predicted molar refractivity (Wildman–Crippen MR) is 75.7 cm³/mol. The number of hydrogen-bond acceptors (Lipinski definition) is 3. The van der Waals surface area contributed by atoms with Gasteiger partial charge in [0.05, 0.1) is 6.61 Å². The van der Waals surface area contributed by atoms with Crippen molar-refractivity contribution in [3.05, 3.63) is 23.8 Å². The Kier molecular flexibility index (Phi) is 6.81. The molecule has 0 aliphatic heterocycles. The molecule has 1 aromatic rings. The molecule has 1 aromatic carbocycles. The quantitative estimate of drug-likeness (QED) is 0.793. The van der Waals surface area contributed by atoms with Crippen LogP contribution in [-0.4, -0.2) is 25.9 Å². The number of ether oxygens (including phenoxy) is 2. The van der Waals surface area contributed by atoms with E-state index in [2.05, 4.69) is 19.2 Å². The van der Waals surface area contributed by atoms with E-state index in [0.717, 1.165) is 12.1 Å². The summed E-state index contributed by atoms with van der Waals surface area (Å²) < 4.78 is 46.7. The van der Waals surface area contributed by atoms with Crippen molar-refractivity contribution in [2.24, 2.45) is 5.92 Å². The van der Waals surface area contributed by atoms with Gasteiger partial charge in [-0.1, -0.05) is 19.9 Å². The molecule has 1 rings (SSSR count). The minimum Gasteiger partial charge on any atom is -0.490 e. The molecule has 3 nitrogen and oxygen atoms in total. The van der Waals surface area contributed by atoms with Gasteiger partial charge in [-0.3, -0.25) is 0 Å². The molecular weight excluding hydrogens is 283 g/mol. The number of hydrogen-bond donors (Lipinski definition) is 1. The van der Waals surface area contributed by atoms with Crippen molar-refractivity contribution in [1.29, 1.82) is 0 Å². The van der Waals surface area contributed by atoms with E-state index < -0.39 is 12.8 Å². The Bertz CT molecular complexity index is 433. The predicted octanol–water partition coefficient (Wildman–Crippen LogP) is 3.77. The molecule has 0 saturated carbocycles. The van der Waals surface area contributed by atoms with Crippen molar-refractivity contribution in [2.75, 3.05) is 19.8 Å². The molecular formula is C15H22F3NO2. The fourth-order valence-electron chi connectivity index (χ4n) is 1.71. The Balaban J connectivity index is 2.71. The van der Waals surface area contributed by atoms with Gasteiger partial charge in [-0.05, 0) is 37.1 Å². The molecule has 0 heterocycles. The van der Waals surface area contributed by atoms with E-state index in [1.54, 1.807) is 19.1 Å². The molecule has 0 aromatic heterocycles. The second-order valence-corrected chi connectivity index (χ2v) is 5.14. The molecule has 0 aliphatic carbocycles. The largest absolute Gasteiger partial charge is 0.490 e. The maximum atomic E-state index is 12.2. The first-order chi connectivity index (χ1) is 9.81. The lowest BCUT2D eigenvalue weighted by Gasteiger charge is -2.15. The first-order valence-corrected chi connectivity index (χ1v) is 6.97. The zero-order valence-corrected chi connectivity index (χ0v) is 12.6. The summed E-state index contributed by atoms with van der Waals surface area (Å²) in [6.45, 7) is 6.54. The van der Waals surface area contributed by atoms with E-state index in [4.69, 9.17) is 9.47 Å². The lowest BCUT2D eigenvalue weighted by molar-refractivity contribution is -0.153. The maximum Gasteiger partial charge on any atom is 0.422 e. The van der Waals surface area contributed by atoms with Crippen LogP contribution in [0.2, 0.25) is 0 Å². The van der Waals surface area contributed by atoms with Gasteiger partial charge in [0.2, 0.25) is 0 Å². The number of nitrogens with one attached hydrogen (secondary N) is 1. The van der Waals surface area contributed by atoms with Crippen LogP contribution in [0, 0.1) is 5.92 Å². The third-order valence-corrected chi connectivity index (χ3v) is 2.58. The third kappa shape index (κ3) is 7.22. The lowest BCUT2D eigenvalue weighted by Crippen LogP contribution is -2.20. The molecule has 0 radical (unpaired) electrons. The van der Waals surface area contributed by atoms with Gasteiger partial charge in [0.15, 0.2) is 18.1 Å². The summed E-state index contributed by atoms with van der Waals surface area (Å²) in [5.74, 6) is 0.984. The second kappa shape index (κ2) is 8.12. The first-order valence-electron chi connectivity index (χ1n) is 6.97. The average Bonchev–Trinajstić information content (AvgIpc) is 2.36. The van der Waals surface area contributed by atoms with Crippen LogP contribution in [0.3, 0.4) is 0 Å². The second-order valence-electron chi connectivity index (χ2n) is 5.14. The van der Waals surface area contributed by atoms with Crippen molar-refractivity contribution < 1.29 is 22.6 Å². The van der Waals surface area contributed by atoms with Gasteiger partial charge >= 0.3 is 6.18 Å². The summed E-state index contributed by atoms with van der Waals surface area (Å²) in [4.78, 5) is 0. The number of rotatable bonds is 8. The van der Waals surface area contributed by atoms with E-state index in [9.17, 15) is 13.2 Å². The summed E-state index contributed by atoms with van der Waals surface area (Å²) >= 11 is 0. The normalized spacial score (nSPS) is 11.8. The molecule has 0 unspecified atom stereocenters. The zero-order chi connectivity index (χ0) is 15.9. The molecule has 21 heavy (non-hydrogen) atoms. The molecule has 0 fully saturated rings. The molecule has 120 valence electrons. The van der Waals surface area contributed by atoms with Gasteiger partial charge in [0.25, 0.3) is 0 Å². The summed E-state index contributed by atoms with van der Waals surface area (Å²) in [5.41, 5.74) is 0.943. The maximum absolute atomic E-state index is 12.2. The molecule has 0 saturated heterocycles. The van der Waals surface area contributed by atoms with Gasteiger partial charge in [-0.2, -0.15) is 13.2 Å². The highest BCUT2D eigenvalue weighted by atomic mass is 19.4. The minimum atomic E-state index is -4.36. The van der Waals surface area contributed by atoms with Crippen molar-refractivity contribution in [3.63, 3.8) is 0 Å². The highest BCUT2D eigenvalue weighted by molar-refractivity contribution is 5.43. The Morgan fingerprint density at radius 2 is 1.86 bits per heavy atom. The standard InChI is InChI=1S/C15H22F3NO2/c1-4-20-14-7-12(9-19-8-11(2)3)5-6-13(14)21-10-15(16,17)18/h5-7,11,19H,4,8-10H2,1-3H3. The molecule has 0 amide bonds. The third-order valence-electron chi connectivity index (χ3n) is 2.58. The SMILES string of the molecule is CCOc1cc(CNCC(C)C)ccc1OCC(F)(F)F. The van der Waals surface area contributed by atoms with Crippen LogP contribution in [-0.2, 0) is 6.54 Å². The van der Waals surface area contributed by atoms with E-state index in [1.165, 1.54) is 6.07 Å². The van der Waals surface area contributed by atoms with Gasteiger partial charge < -0.3 is 14.8 Å². The Morgan fingerprint density at radius 3 is 2.43 bits per heavy atom. The van der Waals surface area contributed by atoms with Gasteiger partial charge in [-0.25, -0.2) is 0 Å². The summed E-state index contributed by atoms with van der Waals surface area (Å²) in [6, 6.07) is 4.97. The molecule has 0 atom stereocenters. The fraction of sp³-hybridized carbons (Fsp3) is 0.600. The van der Waals surface area contributed by atoms with Crippen molar-refractivity contribution >= 4 is 0 Å². The van der Waals surface area contributed by atoms with Crippen LogP contribution >= 0.6 is 0 Å². The highest BCUT2D eigenvalue weighted by Crippen LogP contribution is 2.30. The van der Waals surface area contributed by atoms with Crippen LogP contribution in [0.1, 0.15) is 26.3 Å². The Labute approximate surface area is 123 Å². The van der Waals surface area contributed by atoms with Gasteiger partial charge in [0, 0.05) is 6.54 Å². The van der Waals surface area contributed by atoms with E-state index in [1.807, 2.05) is 0 Å². The molecule has 1 N–H and O–H groups in total. The molecule has 0 spiro atoms. The molecule has 0 aliphatic rings. The Hall–Kier alpha value is -1.43. The Morgan fingerprint density at radius 1 is 1.14 bits per heavy atom. The summed E-state index contributed by atoms with van der Waals surface area (Å²) in [7, 11) is 0. The van der Waals surface area contributed by atoms with Gasteiger partial charge in [-0.15, -0.1) is 0 Å². The minimum absolute atomic E-state index is 0.113. The van der Waals surface area contributed by atoms with Crippen LogP contribution in [0.15, 0.2) is 18.2 Å². The first kappa shape index (κ1) is 17.6. The fourth-order valence-corrected chi connectivity index (χ4v) is 1.71. The zero-order valence-electron chi connectivity index (χ0n) is 12.6. The van der Waals surface area contributed by atoms with E-state index >= 15 is 0 Å². The van der Waals surface area contributed by atoms with E-state index in [-0.39, 0.29) is 5.75 Å². The number of halogens is 3.